The van der Waals surface area contributed by atoms with Crippen LogP contribution in [0.5, 0.6) is 0 Å². The van der Waals surface area contributed by atoms with E-state index in [-0.39, 0.29) is 0 Å². The molecule has 1 heterocycles. The Morgan fingerprint density at radius 1 is 1.29 bits per heavy atom. The van der Waals surface area contributed by atoms with Crippen LogP contribution in [0.15, 0.2) is 30.9 Å². The van der Waals surface area contributed by atoms with Crippen LogP contribution in [0.1, 0.15) is 11.1 Å². The molecule has 0 atom stereocenters. The Balaban J connectivity index is 2.48. The molecule has 0 unspecified atom stereocenters. The monoisotopic (exact) mass is 186 g/mol. The number of hydrogen-bond acceptors (Lipinski definition) is 3. The van der Waals surface area contributed by atoms with Gasteiger partial charge in [-0.25, -0.2) is 0 Å². The summed E-state index contributed by atoms with van der Waals surface area (Å²) in [6, 6.07) is 5.86. The molecule has 0 aliphatic carbocycles. The zero-order chi connectivity index (χ0) is 9.97. The van der Waals surface area contributed by atoms with Gasteiger partial charge in [0.25, 0.3) is 0 Å². The fourth-order valence-corrected chi connectivity index (χ4v) is 1.32. The van der Waals surface area contributed by atoms with Crippen LogP contribution in [-0.2, 0) is 0 Å². The van der Waals surface area contributed by atoms with E-state index >= 15 is 0 Å². The number of benzene rings is 1. The topological polar surface area (TPSA) is 54.6 Å². The quantitative estimate of drug-likeness (QED) is 0.724. The molecule has 0 fully saturated rings. The fraction of sp³-hybridized carbons (Fsp3) is 0.100. The first-order valence-electron chi connectivity index (χ1n) is 4.27. The number of aryl methyl sites for hydroxylation is 1. The van der Waals surface area contributed by atoms with Crippen molar-refractivity contribution < 1.29 is 0 Å². The van der Waals surface area contributed by atoms with Gasteiger partial charge >= 0.3 is 0 Å². The molecular formula is C10H10N4. The third-order valence-corrected chi connectivity index (χ3v) is 2.13. The molecule has 4 nitrogen and oxygen atoms in total. The van der Waals surface area contributed by atoms with Crippen molar-refractivity contribution in [1.82, 2.24) is 14.8 Å². The van der Waals surface area contributed by atoms with E-state index in [1.165, 1.54) is 6.21 Å². The first-order valence-corrected chi connectivity index (χ1v) is 4.27. The number of aromatic nitrogens is 3. The van der Waals surface area contributed by atoms with Crippen molar-refractivity contribution in [2.45, 2.75) is 6.92 Å². The van der Waals surface area contributed by atoms with Gasteiger partial charge in [0.1, 0.15) is 12.7 Å². The average Bonchev–Trinajstić information content (AvgIpc) is 2.70. The Hall–Kier alpha value is -1.97. The van der Waals surface area contributed by atoms with Crippen molar-refractivity contribution in [3.05, 3.63) is 42.0 Å². The molecule has 0 aliphatic rings. The molecule has 0 saturated heterocycles. The molecule has 14 heavy (non-hydrogen) atoms. The summed E-state index contributed by atoms with van der Waals surface area (Å²) < 4.78 is 1.83. The van der Waals surface area contributed by atoms with Gasteiger partial charge in [0.05, 0.1) is 0 Å². The Labute approximate surface area is 81.7 Å². The third-order valence-electron chi connectivity index (χ3n) is 2.13. The van der Waals surface area contributed by atoms with Crippen molar-refractivity contribution in [1.29, 1.82) is 5.41 Å². The van der Waals surface area contributed by atoms with E-state index in [1.807, 2.05) is 29.7 Å². The predicted molar refractivity (Wildman–Crippen MR) is 54.0 cm³/mol. The van der Waals surface area contributed by atoms with Crippen LogP contribution in [0.4, 0.5) is 0 Å². The van der Waals surface area contributed by atoms with Crippen LogP contribution in [0.2, 0.25) is 0 Å². The third kappa shape index (κ3) is 1.42. The second-order valence-electron chi connectivity index (χ2n) is 3.05. The Bertz CT molecular complexity index is 445. The van der Waals surface area contributed by atoms with Crippen molar-refractivity contribution in [2.75, 3.05) is 0 Å². The molecule has 0 amide bonds. The van der Waals surface area contributed by atoms with Gasteiger partial charge < -0.3 is 5.41 Å². The molecule has 2 rings (SSSR count). The van der Waals surface area contributed by atoms with E-state index in [1.54, 1.807) is 12.7 Å². The minimum absolute atomic E-state index is 0.932. The first kappa shape index (κ1) is 8.62. The maximum Gasteiger partial charge on any atom is 0.123 e. The minimum atomic E-state index is 0.932. The summed E-state index contributed by atoms with van der Waals surface area (Å²) in [5.74, 6) is 0. The largest absolute Gasteiger partial charge is 0.308 e. The maximum absolute atomic E-state index is 7.17. The summed E-state index contributed by atoms with van der Waals surface area (Å²) >= 11 is 0. The van der Waals surface area contributed by atoms with Crippen LogP contribution in [0.3, 0.4) is 0 Å². The highest BCUT2D eigenvalue weighted by Crippen LogP contribution is 2.12. The Morgan fingerprint density at radius 3 is 2.57 bits per heavy atom. The zero-order valence-electron chi connectivity index (χ0n) is 7.81. The van der Waals surface area contributed by atoms with E-state index in [2.05, 4.69) is 10.2 Å². The first-order chi connectivity index (χ1) is 6.81. The molecule has 0 saturated carbocycles. The highest BCUT2D eigenvalue weighted by molar-refractivity contribution is 5.79. The highest BCUT2D eigenvalue weighted by Gasteiger charge is 1.99. The van der Waals surface area contributed by atoms with Gasteiger partial charge in [-0.1, -0.05) is 6.07 Å². The molecule has 1 aromatic carbocycles. The molecule has 0 bridgehead atoms. The standard InChI is InChI=1S/C10H10N4/c1-8-4-10(3-2-9(8)5-11)14-6-12-13-7-14/h2-7,11H,1H3. The van der Waals surface area contributed by atoms with Gasteiger partial charge in [-0.15, -0.1) is 10.2 Å². The predicted octanol–water partition coefficient (Wildman–Crippen LogP) is 1.57. The molecule has 0 spiro atoms. The average molecular weight is 186 g/mol. The summed E-state index contributed by atoms with van der Waals surface area (Å²) in [6.45, 7) is 1.98. The van der Waals surface area contributed by atoms with E-state index < -0.39 is 0 Å². The molecule has 2 aromatic rings. The maximum atomic E-state index is 7.17. The highest BCUT2D eigenvalue weighted by atomic mass is 15.2. The van der Waals surface area contributed by atoms with Gasteiger partial charge in [-0.3, -0.25) is 4.57 Å². The normalized spacial score (nSPS) is 10.1. The van der Waals surface area contributed by atoms with E-state index in [0.29, 0.717) is 0 Å². The number of nitrogens with one attached hydrogen (secondary N) is 1. The summed E-state index contributed by atoms with van der Waals surface area (Å²) in [7, 11) is 0. The zero-order valence-corrected chi connectivity index (χ0v) is 7.81. The second kappa shape index (κ2) is 3.41. The van der Waals surface area contributed by atoms with E-state index in [0.717, 1.165) is 16.8 Å². The number of rotatable bonds is 2. The molecule has 0 radical (unpaired) electrons. The summed E-state index contributed by atoms with van der Waals surface area (Å²) in [5, 5.41) is 14.7. The van der Waals surface area contributed by atoms with Crippen LogP contribution < -0.4 is 0 Å². The Kier molecular flexibility index (Phi) is 2.10. The van der Waals surface area contributed by atoms with Gasteiger partial charge in [-0.2, -0.15) is 0 Å². The van der Waals surface area contributed by atoms with Crippen molar-refractivity contribution >= 4 is 6.21 Å². The summed E-state index contributed by atoms with van der Waals surface area (Å²) in [6.07, 6.45) is 4.66. The summed E-state index contributed by atoms with van der Waals surface area (Å²) in [4.78, 5) is 0. The smallest absolute Gasteiger partial charge is 0.123 e. The lowest BCUT2D eigenvalue weighted by Crippen LogP contribution is -1.93. The minimum Gasteiger partial charge on any atom is -0.308 e. The number of nitrogens with zero attached hydrogens (tertiary/aromatic N) is 3. The van der Waals surface area contributed by atoms with Crippen molar-refractivity contribution in [3.63, 3.8) is 0 Å². The van der Waals surface area contributed by atoms with Crippen LogP contribution in [-0.4, -0.2) is 21.0 Å². The lowest BCUT2D eigenvalue weighted by molar-refractivity contribution is 1.05. The van der Waals surface area contributed by atoms with E-state index in [9.17, 15) is 0 Å². The molecule has 1 aromatic heterocycles. The lowest BCUT2D eigenvalue weighted by Gasteiger charge is -2.04. The van der Waals surface area contributed by atoms with Gasteiger partial charge in [0.2, 0.25) is 0 Å². The second-order valence-corrected chi connectivity index (χ2v) is 3.05. The van der Waals surface area contributed by atoms with E-state index in [4.69, 9.17) is 5.41 Å². The lowest BCUT2D eigenvalue weighted by atomic mass is 10.1. The molecule has 0 aliphatic heterocycles. The van der Waals surface area contributed by atoms with Gasteiger partial charge in [-0.05, 0) is 30.2 Å². The van der Waals surface area contributed by atoms with Crippen LogP contribution in [0.25, 0.3) is 5.69 Å². The molecular weight excluding hydrogens is 176 g/mol. The summed E-state index contributed by atoms with van der Waals surface area (Å²) in [5.41, 5.74) is 3.02. The molecule has 1 N–H and O–H groups in total. The van der Waals surface area contributed by atoms with Gasteiger partial charge in [0, 0.05) is 11.9 Å². The van der Waals surface area contributed by atoms with Crippen molar-refractivity contribution in [3.8, 4) is 5.69 Å². The van der Waals surface area contributed by atoms with Crippen LogP contribution >= 0.6 is 0 Å². The Morgan fingerprint density at radius 2 is 2.00 bits per heavy atom. The fourth-order valence-electron chi connectivity index (χ4n) is 1.32. The van der Waals surface area contributed by atoms with Crippen LogP contribution in [0, 0.1) is 12.3 Å². The molecule has 4 heteroatoms. The van der Waals surface area contributed by atoms with Gasteiger partial charge in [0.15, 0.2) is 0 Å². The SMILES string of the molecule is Cc1cc(-n2cnnc2)ccc1C=N. The number of hydrogen-bond donors (Lipinski definition) is 1. The van der Waals surface area contributed by atoms with Crippen molar-refractivity contribution in [2.24, 2.45) is 0 Å². The molecule has 70 valence electrons.